The number of hydrogen-bond acceptors (Lipinski definition) is 4. The zero-order valence-electron chi connectivity index (χ0n) is 18.4. The van der Waals surface area contributed by atoms with Crippen molar-refractivity contribution in [1.82, 2.24) is 4.90 Å². The van der Waals surface area contributed by atoms with E-state index in [4.69, 9.17) is 4.74 Å². The molecule has 2 aliphatic rings. The third kappa shape index (κ3) is 3.47. The molecule has 168 valence electrons. The molecule has 3 aromatic carbocycles. The molecule has 0 aliphatic carbocycles. The molecule has 2 heterocycles. The second kappa shape index (κ2) is 8.23. The van der Waals surface area contributed by atoms with Crippen LogP contribution in [0.15, 0.2) is 66.7 Å². The van der Waals surface area contributed by atoms with Crippen molar-refractivity contribution >= 4 is 29.3 Å². The Labute approximate surface area is 196 Å². The fourth-order valence-corrected chi connectivity index (χ4v) is 6.07. The molecule has 7 heteroatoms. The van der Waals surface area contributed by atoms with Crippen LogP contribution in [0.5, 0.6) is 5.75 Å². The number of halogens is 1. The van der Waals surface area contributed by atoms with Gasteiger partial charge in [0.1, 0.15) is 11.6 Å². The molecular weight excluding hydrogens is 439 g/mol. The summed E-state index contributed by atoms with van der Waals surface area (Å²) in [6.45, 7) is 2.74. The highest BCUT2D eigenvalue weighted by atomic mass is 32.2. The molecule has 2 aliphatic heterocycles. The summed E-state index contributed by atoms with van der Waals surface area (Å²) in [7, 11) is 1.61. The van der Waals surface area contributed by atoms with Crippen molar-refractivity contribution in [1.29, 1.82) is 0 Å². The molecule has 2 amide bonds. The average Bonchev–Trinajstić information content (AvgIpc) is 3.36. The number of fused-ring (bicyclic) bond motifs is 2. The SMILES string of the molecule is COc1cccc(CN2C(=O)[C@]3(SCCN3C(=O)c3cccc(F)c3)c3cc(C)ccc32)c1. The summed E-state index contributed by atoms with van der Waals surface area (Å²) in [5.74, 6) is 0.362. The summed E-state index contributed by atoms with van der Waals surface area (Å²) in [5.41, 5.74) is 3.78. The number of carbonyl (C=O) groups excluding carboxylic acids is 2. The van der Waals surface area contributed by atoms with E-state index >= 15 is 0 Å². The van der Waals surface area contributed by atoms with Crippen LogP contribution in [0.2, 0.25) is 0 Å². The number of anilines is 1. The molecule has 0 bridgehead atoms. The fraction of sp³-hybridized carbons (Fsp3) is 0.231. The lowest BCUT2D eigenvalue weighted by Gasteiger charge is -2.33. The number of methoxy groups -OCH3 is 1. The van der Waals surface area contributed by atoms with Gasteiger partial charge in [-0.25, -0.2) is 4.39 Å². The number of nitrogens with zero attached hydrogens (tertiary/aromatic N) is 2. The Morgan fingerprint density at radius 1 is 1.12 bits per heavy atom. The van der Waals surface area contributed by atoms with E-state index in [1.54, 1.807) is 23.0 Å². The summed E-state index contributed by atoms with van der Waals surface area (Å²) in [4.78, 5) is 29.8. The minimum Gasteiger partial charge on any atom is -0.497 e. The zero-order valence-corrected chi connectivity index (χ0v) is 19.2. The van der Waals surface area contributed by atoms with Crippen LogP contribution in [-0.4, -0.2) is 36.1 Å². The Kier molecular flexibility index (Phi) is 5.37. The van der Waals surface area contributed by atoms with Crippen LogP contribution in [0.4, 0.5) is 10.1 Å². The first-order valence-corrected chi connectivity index (χ1v) is 11.7. The van der Waals surface area contributed by atoms with Gasteiger partial charge in [-0.1, -0.05) is 35.9 Å². The van der Waals surface area contributed by atoms with E-state index in [1.807, 2.05) is 49.4 Å². The first kappa shape index (κ1) is 21.5. The molecule has 0 N–H and O–H groups in total. The third-order valence-corrected chi connectivity index (χ3v) is 7.56. The number of carbonyl (C=O) groups is 2. The normalized spacial score (nSPS) is 19.3. The van der Waals surface area contributed by atoms with Gasteiger partial charge in [0.2, 0.25) is 0 Å². The molecular formula is C26H23FN2O3S. The van der Waals surface area contributed by atoms with Crippen molar-refractivity contribution in [2.75, 3.05) is 24.3 Å². The lowest BCUT2D eigenvalue weighted by molar-refractivity contribution is -0.123. The van der Waals surface area contributed by atoms with E-state index in [9.17, 15) is 14.0 Å². The topological polar surface area (TPSA) is 49.9 Å². The summed E-state index contributed by atoms with van der Waals surface area (Å²) in [6, 6.07) is 19.2. The van der Waals surface area contributed by atoms with Crippen LogP contribution >= 0.6 is 11.8 Å². The second-order valence-corrected chi connectivity index (χ2v) is 9.51. The van der Waals surface area contributed by atoms with Crippen LogP contribution in [0, 0.1) is 12.7 Å². The molecule has 5 rings (SSSR count). The highest BCUT2D eigenvalue weighted by molar-refractivity contribution is 8.01. The van der Waals surface area contributed by atoms with Crippen LogP contribution in [0.25, 0.3) is 0 Å². The van der Waals surface area contributed by atoms with Crippen LogP contribution < -0.4 is 9.64 Å². The van der Waals surface area contributed by atoms with Gasteiger partial charge in [-0.05, 0) is 48.9 Å². The number of hydrogen-bond donors (Lipinski definition) is 0. The Morgan fingerprint density at radius 3 is 2.73 bits per heavy atom. The van der Waals surface area contributed by atoms with Gasteiger partial charge in [0.05, 0.1) is 19.3 Å². The average molecular weight is 463 g/mol. The van der Waals surface area contributed by atoms with E-state index in [-0.39, 0.29) is 17.4 Å². The number of rotatable bonds is 4. The number of benzene rings is 3. The van der Waals surface area contributed by atoms with Crippen LogP contribution in [-0.2, 0) is 16.2 Å². The van der Waals surface area contributed by atoms with Gasteiger partial charge in [-0.2, -0.15) is 0 Å². The van der Waals surface area contributed by atoms with Gasteiger partial charge >= 0.3 is 0 Å². The quantitative estimate of drug-likeness (QED) is 0.563. The molecule has 3 aromatic rings. The Morgan fingerprint density at radius 2 is 1.94 bits per heavy atom. The zero-order chi connectivity index (χ0) is 23.2. The lowest BCUT2D eigenvalue weighted by Crippen LogP contribution is -2.50. The Hall–Kier alpha value is -3.32. The lowest BCUT2D eigenvalue weighted by atomic mass is 10.0. The van der Waals surface area contributed by atoms with E-state index in [1.165, 1.54) is 30.0 Å². The van der Waals surface area contributed by atoms with Crippen molar-refractivity contribution in [3.8, 4) is 5.75 Å². The number of ether oxygens (including phenoxy) is 1. The highest BCUT2D eigenvalue weighted by Gasteiger charge is 2.59. The summed E-state index contributed by atoms with van der Waals surface area (Å²) < 4.78 is 19.2. The summed E-state index contributed by atoms with van der Waals surface area (Å²) in [5, 5.41) is 0. The first-order chi connectivity index (χ1) is 15.9. The van der Waals surface area contributed by atoms with E-state index < -0.39 is 10.7 Å². The molecule has 33 heavy (non-hydrogen) atoms. The summed E-state index contributed by atoms with van der Waals surface area (Å²) in [6.07, 6.45) is 0. The smallest absolute Gasteiger partial charge is 0.268 e. The van der Waals surface area contributed by atoms with Crippen LogP contribution in [0.1, 0.15) is 27.0 Å². The van der Waals surface area contributed by atoms with Gasteiger partial charge in [0.25, 0.3) is 11.8 Å². The number of amides is 2. The van der Waals surface area contributed by atoms with Crippen LogP contribution in [0.3, 0.4) is 0 Å². The number of thioether (sulfide) groups is 1. The second-order valence-electron chi connectivity index (χ2n) is 8.22. The molecule has 1 atom stereocenters. The predicted molar refractivity (Wildman–Crippen MR) is 127 cm³/mol. The highest BCUT2D eigenvalue weighted by Crippen LogP contribution is 2.55. The van der Waals surface area contributed by atoms with Gasteiger partial charge in [0, 0.05) is 23.4 Å². The van der Waals surface area contributed by atoms with Gasteiger partial charge in [0.15, 0.2) is 4.87 Å². The fourth-order valence-electron chi connectivity index (χ4n) is 4.62. The van der Waals surface area contributed by atoms with E-state index in [2.05, 4.69) is 0 Å². The maximum Gasteiger partial charge on any atom is 0.268 e. The van der Waals surface area contributed by atoms with E-state index in [0.29, 0.717) is 18.8 Å². The molecule has 5 nitrogen and oxygen atoms in total. The van der Waals surface area contributed by atoms with Gasteiger partial charge < -0.3 is 14.5 Å². The minimum atomic E-state index is -1.16. The largest absolute Gasteiger partial charge is 0.497 e. The van der Waals surface area contributed by atoms with Gasteiger partial charge in [-0.3, -0.25) is 9.59 Å². The molecule has 0 aromatic heterocycles. The van der Waals surface area contributed by atoms with Gasteiger partial charge in [-0.15, -0.1) is 11.8 Å². The number of aryl methyl sites for hydroxylation is 1. The Bertz CT molecular complexity index is 1260. The predicted octanol–water partition coefficient (Wildman–Crippen LogP) is 4.73. The van der Waals surface area contributed by atoms with E-state index in [0.717, 1.165) is 28.1 Å². The monoisotopic (exact) mass is 462 g/mol. The van der Waals surface area contributed by atoms with Crippen molar-refractivity contribution in [2.24, 2.45) is 0 Å². The first-order valence-electron chi connectivity index (χ1n) is 10.7. The Balaban J connectivity index is 1.59. The van der Waals surface area contributed by atoms with Crippen molar-refractivity contribution in [3.05, 3.63) is 94.8 Å². The molecule has 1 fully saturated rings. The molecule has 1 spiro atoms. The van der Waals surface area contributed by atoms with Crippen molar-refractivity contribution in [3.63, 3.8) is 0 Å². The molecule has 0 unspecified atom stereocenters. The molecule has 1 saturated heterocycles. The van der Waals surface area contributed by atoms with Crippen molar-refractivity contribution < 1.29 is 18.7 Å². The molecule has 0 saturated carbocycles. The maximum absolute atomic E-state index is 14.1. The molecule has 0 radical (unpaired) electrons. The third-order valence-electron chi connectivity index (χ3n) is 6.14. The standard InChI is InChI=1S/C26H23FN2O3S/c1-17-9-10-23-22(13-17)26(25(31)28(23)16-18-5-3-8-21(14-18)32-2)29(11-12-33-26)24(30)19-6-4-7-20(27)15-19/h3-10,13-15H,11-12,16H2,1-2H3/t26-/m1/s1. The van der Waals surface area contributed by atoms with Crippen molar-refractivity contribution in [2.45, 2.75) is 18.3 Å². The minimum absolute atomic E-state index is 0.154. The summed E-state index contributed by atoms with van der Waals surface area (Å²) >= 11 is 1.46. The maximum atomic E-state index is 14.1.